The minimum Gasteiger partial charge on any atom is -0.478 e. The number of carbonyl (C=O) groups is 3. The Bertz CT molecular complexity index is 1580. The van der Waals surface area contributed by atoms with Crippen LogP contribution in [0.5, 0.6) is 0 Å². The van der Waals surface area contributed by atoms with Crippen LogP contribution in [0.2, 0.25) is 0 Å². The summed E-state index contributed by atoms with van der Waals surface area (Å²) in [6, 6.07) is 30.7. The van der Waals surface area contributed by atoms with Gasteiger partial charge in [0.25, 0.3) is 0 Å². The molecule has 0 radical (unpaired) electrons. The van der Waals surface area contributed by atoms with E-state index in [0.717, 1.165) is 33.3 Å². The SMILES string of the molecule is C.CCC(=O)c1ccccc1.Cc1c(-c2ccccc2)[nH]c2ccc(C(=O)O)cc12.NNc1ccc(C(=O)O)cc1. The highest BCUT2D eigenvalue weighted by Crippen LogP contribution is 2.30. The maximum Gasteiger partial charge on any atom is 0.335 e. The van der Waals surface area contributed by atoms with E-state index in [0.29, 0.717) is 17.7 Å². The highest BCUT2D eigenvalue weighted by molar-refractivity contribution is 5.97. The van der Waals surface area contributed by atoms with E-state index >= 15 is 0 Å². The molecule has 41 heavy (non-hydrogen) atoms. The van der Waals surface area contributed by atoms with Crippen molar-refractivity contribution >= 4 is 34.3 Å². The second kappa shape index (κ2) is 15.4. The van der Waals surface area contributed by atoms with Crippen LogP contribution < -0.4 is 11.3 Å². The summed E-state index contributed by atoms with van der Waals surface area (Å²) in [6.45, 7) is 3.88. The number of hydrazine groups is 1. The first-order valence-electron chi connectivity index (χ1n) is 12.5. The molecule has 8 heteroatoms. The quantitative estimate of drug-likeness (QED) is 0.0835. The zero-order valence-corrected chi connectivity index (χ0v) is 22.2. The van der Waals surface area contributed by atoms with Gasteiger partial charge in [0.1, 0.15) is 0 Å². The number of aromatic amines is 1. The first kappa shape index (κ1) is 32.0. The number of carbonyl (C=O) groups excluding carboxylic acids is 1. The minimum absolute atomic E-state index is 0. The third-order valence-corrected chi connectivity index (χ3v) is 6.08. The molecule has 0 bridgehead atoms. The smallest absolute Gasteiger partial charge is 0.335 e. The fraction of sp³-hybridized carbons (Fsp3) is 0.121. The molecule has 1 aromatic heterocycles. The molecule has 0 aliphatic rings. The van der Waals surface area contributed by atoms with Gasteiger partial charge in [-0.3, -0.25) is 10.6 Å². The van der Waals surface area contributed by atoms with Crippen LogP contribution in [-0.4, -0.2) is 32.9 Å². The lowest BCUT2D eigenvalue weighted by molar-refractivity contribution is 0.0686. The average Bonchev–Trinajstić information content (AvgIpc) is 3.33. The number of aromatic carboxylic acids is 2. The van der Waals surface area contributed by atoms with Gasteiger partial charge in [-0.05, 0) is 60.5 Å². The molecule has 212 valence electrons. The number of aryl methyl sites for hydroxylation is 1. The Morgan fingerprint density at radius 1 is 0.756 bits per heavy atom. The summed E-state index contributed by atoms with van der Waals surface area (Å²) in [6.07, 6.45) is 0.587. The Balaban J connectivity index is 0.000000230. The van der Waals surface area contributed by atoms with Crippen molar-refractivity contribution in [1.29, 1.82) is 0 Å². The molecule has 5 aromatic rings. The second-order valence-electron chi connectivity index (χ2n) is 8.73. The number of nitrogen functional groups attached to an aromatic ring is 1. The van der Waals surface area contributed by atoms with Crippen molar-refractivity contribution in [3.63, 3.8) is 0 Å². The molecule has 0 atom stereocenters. The zero-order valence-electron chi connectivity index (χ0n) is 22.2. The first-order valence-corrected chi connectivity index (χ1v) is 12.5. The largest absolute Gasteiger partial charge is 0.478 e. The van der Waals surface area contributed by atoms with Crippen molar-refractivity contribution < 1.29 is 24.6 Å². The van der Waals surface area contributed by atoms with Gasteiger partial charge in [0.05, 0.1) is 11.1 Å². The number of Topliss-reactive ketones (excluding diaryl/α,β-unsaturated/α-hetero) is 1. The minimum atomic E-state index is -0.937. The third-order valence-electron chi connectivity index (χ3n) is 6.08. The molecule has 1 heterocycles. The lowest BCUT2D eigenvalue weighted by Gasteiger charge is -1.99. The Morgan fingerprint density at radius 3 is 1.80 bits per heavy atom. The highest BCUT2D eigenvalue weighted by atomic mass is 16.4. The molecule has 0 saturated carbocycles. The van der Waals surface area contributed by atoms with Crippen LogP contribution in [0.1, 0.15) is 57.4 Å². The maximum absolute atomic E-state index is 11.0. The molecular formula is C33H35N3O5. The molecular weight excluding hydrogens is 518 g/mol. The number of rotatable bonds is 6. The Kier molecular flexibility index (Phi) is 12.0. The van der Waals surface area contributed by atoms with Crippen LogP contribution in [0.15, 0.2) is 103 Å². The van der Waals surface area contributed by atoms with Crippen LogP contribution in [0.25, 0.3) is 22.2 Å². The lowest BCUT2D eigenvalue weighted by Crippen LogP contribution is -2.06. The van der Waals surface area contributed by atoms with Crippen molar-refractivity contribution in [1.82, 2.24) is 4.98 Å². The topological polar surface area (TPSA) is 146 Å². The van der Waals surface area contributed by atoms with E-state index in [-0.39, 0.29) is 18.8 Å². The van der Waals surface area contributed by atoms with E-state index in [1.165, 1.54) is 12.1 Å². The number of carboxylic acid groups (broad SMARTS) is 2. The van der Waals surface area contributed by atoms with Crippen LogP contribution in [0, 0.1) is 6.92 Å². The van der Waals surface area contributed by atoms with Gasteiger partial charge in [0.15, 0.2) is 5.78 Å². The van der Waals surface area contributed by atoms with Gasteiger partial charge in [-0.25, -0.2) is 9.59 Å². The second-order valence-corrected chi connectivity index (χ2v) is 8.73. The highest BCUT2D eigenvalue weighted by Gasteiger charge is 2.11. The first-order chi connectivity index (χ1) is 19.2. The van der Waals surface area contributed by atoms with Gasteiger partial charge in [-0.2, -0.15) is 0 Å². The number of fused-ring (bicyclic) bond motifs is 1. The molecule has 5 rings (SSSR count). The Morgan fingerprint density at radius 2 is 1.29 bits per heavy atom. The lowest BCUT2D eigenvalue weighted by atomic mass is 10.1. The molecule has 0 unspecified atom stereocenters. The van der Waals surface area contributed by atoms with Crippen molar-refractivity contribution in [2.24, 2.45) is 5.84 Å². The number of anilines is 1. The zero-order chi connectivity index (χ0) is 29.1. The summed E-state index contributed by atoms with van der Waals surface area (Å²) in [5.41, 5.74) is 8.65. The van der Waals surface area contributed by atoms with Crippen LogP contribution in [-0.2, 0) is 0 Å². The molecule has 0 amide bonds. The molecule has 0 aliphatic carbocycles. The van der Waals surface area contributed by atoms with Crippen molar-refractivity contribution in [3.8, 4) is 11.3 Å². The van der Waals surface area contributed by atoms with E-state index in [1.54, 1.807) is 24.3 Å². The van der Waals surface area contributed by atoms with Crippen molar-refractivity contribution in [3.05, 3.63) is 125 Å². The van der Waals surface area contributed by atoms with Crippen LogP contribution >= 0.6 is 0 Å². The number of H-pyrrole nitrogens is 1. The summed E-state index contributed by atoms with van der Waals surface area (Å²) in [4.78, 5) is 35.7. The standard InChI is InChI=1S/C16H13NO2.C9H10O.C7H8N2O2.CH4/c1-10-13-9-12(16(18)19)7-8-14(13)17-15(10)11-5-3-2-4-6-11;1-2-9(10)8-6-4-3-5-7-8;8-9-6-3-1-5(2-4-6)7(10)11;/h2-9,17H,1H3,(H,18,19);3-7H,2H2,1H3;1-4,9H,8H2,(H,10,11);1H4. The summed E-state index contributed by atoms with van der Waals surface area (Å²) >= 11 is 0. The summed E-state index contributed by atoms with van der Waals surface area (Å²) in [5, 5.41) is 18.5. The number of nitrogens with one attached hydrogen (secondary N) is 2. The molecule has 0 aliphatic heterocycles. The van der Waals surface area contributed by atoms with Crippen LogP contribution in [0.4, 0.5) is 5.69 Å². The molecule has 6 N–H and O–H groups in total. The summed E-state index contributed by atoms with van der Waals surface area (Å²) < 4.78 is 0. The number of hydrogen-bond acceptors (Lipinski definition) is 5. The number of carboxylic acids is 2. The Labute approximate surface area is 239 Å². The predicted octanol–water partition coefficient (Wildman–Crippen LogP) is 7.43. The monoisotopic (exact) mass is 553 g/mol. The fourth-order valence-corrected chi connectivity index (χ4v) is 3.89. The van der Waals surface area contributed by atoms with Crippen molar-refractivity contribution in [2.75, 3.05) is 5.43 Å². The maximum atomic E-state index is 11.0. The van der Waals surface area contributed by atoms with E-state index in [2.05, 4.69) is 10.4 Å². The molecule has 8 nitrogen and oxygen atoms in total. The normalized spacial score (nSPS) is 9.73. The summed E-state index contributed by atoms with van der Waals surface area (Å²) in [5.74, 6) is 3.45. The number of aromatic nitrogens is 1. The van der Waals surface area contributed by atoms with Crippen LogP contribution in [0.3, 0.4) is 0 Å². The van der Waals surface area contributed by atoms with Crippen molar-refractivity contribution in [2.45, 2.75) is 27.7 Å². The molecule has 4 aromatic carbocycles. The van der Waals surface area contributed by atoms with Gasteiger partial charge in [-0.1, -0.05) is 75.0 Å². The van der Waals surface area contributed by atoms with E-state index in [4.69, 9.17) is 16.1 Å². The molecule has 0 fully saturated rings. The molecule has 0 saturated heterocycles. The van der Waals surface area contributed by atoms with Gasteiger partial charge >= 0.3 is 11.9 Å². The fourth-order valence-electron chi connectivity index (χ4n) is 3.89. The number of benzene rings is 4. The number of ketones is 1. The van der Waals surface area contributed by atoms with Gasteiger partial charge in [0.2, 0.25) is 0 Å². The summed E-state index contributed by atoms with van der Waals surface area (Å²) in [7, 11) is 0. The average molecular weight is 554 g/mol. The van der Waals surface area contributed by atoms with Gasteiger partial charge < -0.3 is 20.6 Å². The van der Waals surface area contributed by atoms with E-state index in [9.17, 15) is 14.4 Å². The number of hydrogen-bond donors (Lipinski definition) is 5. The van der Waals surface area contributed by atoms with Gasteiger partial charge in [-0.15, -0.1) is 0 Å². The molecule has 0 spiro atoms. The van der Waals surface area contributed by atoms with E-state index in [1.807, 2.05) is 80.6 Å². The van der Waals surface area contributed by atoms with E-state index < -0.39 is 11.9 Å². The third kappa shape index (κ3) is 8.64. The Hall–Kier alpha value is -5.21. The predicted molar refractivity (Wildman–Crippen MR) is 164 cm³/mol. The number of nitrogens with two attached hydrogens (primary N) is 1. The van der Waals surface area contributed by atoms with Gasteiger partial charge in [0, 0.05) is 34.3 Å².